The van der Waals surface area contributed by atoms with Crippen molar-refractivity contribution in [2.75, 3.05) is 0 Å². The zero-order valence-electron chi connectivity index (χ0n) is 13.8. The summed E-state index contributed by atoms with van der Waals surface area (Å²) in [6.45, 7) is 0. The maximum atomic E-state index is 13.4. The maximum Gasteiger partial charge on any atom is 0.460 e. The molecule has 0 atom stereocenters. The molecule has 200 valence electrons. The van der Waals surface area contributed by atoms with Gasteiger partial charge in [0.2, 0.25) is 0 Å². The van der Waals surface area contributed by atoms with E-state index in [1.807, 2.05) is 0 Å². The highest BCUT2D eigenvalue weighted by Crippen LogP contribution is 2.61. The second kappa shape index (κ2) is 7.56. The number of rotatable bonds is 9. The third-order valence-corrected chi connectivity index (χ3v) is 5.58. The van der Waals surface area contributed by atoms with E-state index in [0.29, 0.717) is 0 Å². The van der Waals surface area contributed by atoms with Gasteiger partial charge in [0.15, 0.2) is 0 Å². The molecule has 0 heterocycles. The lowest BCUT2D eigenvalue weighted by Crippen LogP contribution is -2.72. The number of alkyl halides is 17. The fourth-order valence-corrected chi connectivity index (χ4v) is 3.17. The summed E-state index contributed by atoms with van der Waals surface area (Å²) >= 11 is 0. The molecule has 0 saturated heterocycles. The quantitative estimate of drug-likeness (QED) is 0.247. The van der Waals surface area contributed by atoms with Crippen molar-refractivity contribution in [3.63, 3.8) is 0 Å². The first-order valence-corrected chi connectivity index (χ1v) is 9.35. The summed E-state index contributed by atoms with van der Waals surface area (Å²) in [7, 11) is -16.6. The SMILES string of the molecule is O=S(=O)(O)NC(F)(F)C(F)(F)C(F)(F)C(F)(F)S(=O)(=O)C(F)(F)C(F)(F)C(F)(F)C(F)(F)F. The largest absolute Gasteiger partial charge is 0.460 e. The molecule has 0 aromatic heterocycles. The van der Waals surface area contributed by atoms with Crippen LogP contribution in [0.25, 0.3) is 0 Å². The Morgan fingerprint density at radius 3 is 1.00 bits per heavy atom. The van der Waals surface area contributed by atoms with Crippen LogP contribution in [0.1, 0.15) is 0 Å². The normalized spacial score (nSPS) is 16.8. The van der Waals surface area contributed by atoms with Crippen LogP contribution in [-0.4, -0.2) is 67.8 Å². The molecule has 0 saturated carbocycles. The molecule has 0 spiro atoms. The summed E-state index contributed by atoms with van der Waals surface area (Å²) in [6, 6.07) is -7.46. The minimum atomic E-state index is -9.78. The Morgan fingerprint density at radius 2 is 0.758 bits per heavy atom. The molecular weight excluding hydrogens is 577 g/mol. The Hall–Kier alpha value is -1.37. The van der Waals surface area contributed by atoms with E-state index in [1.54, 1.807) is 0 Å². The smallest absolute Gasteiger partial charge is 0.273 e. The van der Waals surface area contributed by atoms with Crippen molar-refractivity contribution in [1.29, 1.82) is 0 Å². The molecule has 0 aromatic carbocycles. The van der Waals surface area contributed by atoms with Gasteiger partial charge in [-0.2, -0.15) is 83.1 Å². The molecule has 0 aliphatic heterocycles. The molecule has 0 fully saturated rings. The van der Waals surface area contributed by atoms with Crippen molar-refractivity contribution in [2.45, 2.75) is 46.4 Å². The van der Waals surface area contributed by atoms with Crippen LogP contribution in [0.15, 0.2) is 0 Å². The van der Waals surface area contributed by atoms with Crippen LogP contribution in [0.5, 0.6) is 0 Å². The van der Waals surface area contributed by atoms with Crippen LogP contribution in [0.2, 0.25) is 0 Å². The van der Waals surface area contributed by atoms with Crippen molar-refractivity contribution in [3.8, 4) is 0 Å². The number of halogens is 17. The highest BCUT2D eigenvalue weighted by Gasteiger charge is 2.93. The van der Waals surface area contributed by atoms with E-state index in [0.717, 1.165) is 0 Å². The highest BCUT2D eigenvalue weighted by molar-refractivity contribution is 7.93. The molecule has 0 amide bonds. The molecule has 0 rings (SSSR count). The molecule has 0 radical (unpaired) electrons. The van der Waals surface area contributed by atoms with Gasteiger partial charge in [-0.05, 0) is 0 Å². The molecule has 6 nitrogen and oxygen atoms in total. The van der Waals surface area contributed by atoms with Gasteiger partial charge in [-0.25, -0.2) is 8.42 Å². The van der Waals surface area contributed by atoms with Crippen LogP contribution in [0, 0.1) is 0 Å². The van der Waals surface area contributed by atoms with E-state index in [1.165, 1.54) is 0 Å². The lowest BCUT2D eigenvalue weighted by molar-refractivity contribution is -0.384. The van der Waals surface area contributed by atoms with E-state index >= 15 is 0 Å². The predicted octanol–water partition coefficient (Wildman–Crippen LogP) is 3.68. The van der Waals surface area contributed by atoms with Crippen LogP contribution in [-0.2, 0) is 20.1 Å². The Bertz CT molecular complexity index is 966. The van der Waals surface area contributed by atoms with Crippen molar-refractivity contribution in [2.24, 2.45) is 0 Å². The molecule has 0 bridgehead atoms. The summed E-state index contributed by atoms with van der Waals surface area (Å²) in [5.74, 6) is -33.9. The van der Waals surface area contributed by atoms with Crippen molar-refractivity contribution in [1.82, 2.24) is 4.72 Å². The van der Waals surface area contributed by atoms with Crippen LogP contribution >= 0.6 is 0 Å². The third-order valence-electron chi connectivity index (χ3n) is 3.20. The molecular formula is C8H2F17NO5S2. The fourth-order valence-electron chi connectivity index (χ4n) is 1.47. The zero-order valence-corrected chi connectivity index (χ0v) is 15.5. The first-order valence-electron chi connectivity index (χ1n) is 6.42. The number of sulfone groups is 1. The molecule has 0 unspecified atom stereocenters. The van der Waals surface area contributed by atoms with Gasteiger partial charge in [0.25, 0.3) is 9.84 Å². The summed E-state index contributed by atoms with van der Waals surface area (Å²) in [5.41, 5.74) is 0. The Kier molecular flexibility index (Phi) is 7.25. The summed E-state index contributed by atoms with van der Waals surface area (Å²) < 4.78 is 268. The minimum absolute atomic E-state index is 1.19. The second-order valence-electron chi connectivity index (χ2n) is 5.48. The van der Waals surface area contributed by atoms with Crippen LogP contribution in [0.4, 0.5) is 74.6 Å². The average molecular weight is 579 g/mol. The van der Waals surface area contributed by atoms with Gasteiger partial charge in [0.05, 0.1) is 0 Å². The van der Waals surface area contributed by atoms with Gasteiger partial charge in [-0.1, -0.05) is 0 Å². The maximum absolute atomic E-state index is 13.4. The van der Waals surface area contributed by atoms with E-state index < -0.39 is 71.3 Å². The topological polar surface area (TPSA) is 101 Å². The summed E-state index contributed by atoms with van der Waals surface area (Å²) in [5, 5.41) is -17.5. The fraction of sp³-hybridized carbons (Fsp3) is 1.00. The molecule has 25 heteroatoms. The number of hydrogen-bond donors (Lipinski definition) is 2. The van der Waals surface area contributed by atoms with Gasteiger partial charge in [-0.15, -0.1) is 4.72 Å². The Morgan fingerprint density at radius 1 is 0.485 bits per heavy atom. The summed E-state index contributed by atoms with van der Waals surface area (Å²) in [6.07, 6.45) is -7.91. The standard InChI is InChI=1S/C8H2F17NO5S2/c9-1(10,5(17,18)19)3(13,14)7(22,23)32(27,28)8(24,25)4(15,16)2(11,12)6(20,21)26-33(29,30)31/h26H,(H,29,30,31). The predicted molar refractivity (Wildman–Crippen MR) is 64.3 cm³/mol. The molecule has 33 heavy (non-hydrogen) atoms. The van der Waals surface area contributed by atoms with Gasteiger partial charge < -0.3 is 0 Å². The molecule has 0 aliphatic rings. The first-order chi connectivity index (χ1) is 13.7. The van der Waals surface area contributed by atoms with E-state index in [2.05, 4.69) is 0 Å². The first kappa shape index (κ1) is 31.6. The van der Waals surface area contributed by atoms with E-state index in [4.69, 9.17) is 4.55 Å². The Labute approximate surface area is 168 Å². The number of hydrogen-bond acceptors (Lipinski definition) is 4. The van der Waals surface area contributed by atoms with Gasteiger partial charge in [0.1, 0.15) is 0 Å². The van der Waals surface area contributed by atoms with E-state index in [9.17, 15) is 91.5 Å². The van der Waals surface area contributed by atoms with Crippen molar-refractivity contribution < 1.29 is 96.0 Å². The van der Waals surface area contributed by atoms with Crippen molar-refractivity contribution in [3.05, 3.63) is 0 Å². The summed E-state index contributed by atoms with van der Waals surface area (Å²) in [4.78, 5) is 0. The number of nitrogens with one attached hydrogen (secondary N) is 1. The average Bonchev–Trinajstić information content (AvgIpc) is 2.49. The molecule has 0 aliphatic carbocycles. The van der Waals surface area contributed by atoms with Crippen molar-refractivity contribution >= 4 is 20.1 Å². The monoisotopic (exact) mass is 579 g/mol. The molecule has 0 aromatic rings. The van der Waals surface area contributed by atoms with Crippen LogP contribution < -0.4 is 4.72 Å². The second-order valence-corrected chi connectivity index (χ2v) is 8.67. The van der Waals surface area contributed by atoms with Gasteiger partial charge >= 0.3 is 56.7 Å². The zero-order chi connectivity index (χ0) is 27.7. The highest BCUT2D eigenvalue weighted by atomic mass is 32.2. The molecule has 2 N–H and O–H groups in total. The third kappa shape index (κ3) is 4.28. The van der Waals surface area contributed by atoms with Gasteiger partial charge in [0, 0.05) is 0 Å². The van der Waals surface area contributed by atoms with Crippen LogP contribution in [0.3, 0.4) is 0 Å². The Balaban J connectivity index is 7.03. The van der Waals surface area contributed by atoms with E-state index in [-0.39, 0.29) is 0 Å². The lowest BCUT2D eigenvalue weighted by atomic mass is 10.1. The minimum Gasteiger partial charge on any atom is -0.273 e. The van der Waals surface area contributed by atoms with Gasteiger partial charge in [-0.3, -0.25) is 4.55 Å². The lowest BCUT2D eigenvalue weighted by Gasteiger charge is -2.39.